The first kappa shape index (κ1) is 21.2. The molecule has 4 rings (SSSR count). The Morgan fingerprint density at radius 2 is 2.06 bits per heavy atom. The zero-order valence-electron chi connectivity index (χ0n) is 17.4. The van der Waals surface area contributed by atoms with Crippen LogP contribution >= 0.6 is 0 Å². The molecule has 2 aliphatic heterocycles. The van der Waals surface area contributed by atoms with Gasteiger partial charge in [0.1, 0.15) is 12.2 Å². The first-order valence-electron chi connectivity index (χ1n) is 10.4. The molecule has 2 aromatic rings. The van der Waals surface area contributed by atoms with Gasteiger partial charge in [-0.25, -0.2) is 0 Å². The fourth-order valence-corrected chi connectivity index (χ4v) is 4.21. The van der Waals surface area contributed by atoms with Crippen LogP contribution in [0.3, 0.4) is 0 Å². The van der Waals surface area contributed by atoms with Gasteiger partial charge >= 0.3 is 5.91 Å². The van der Waals surface area contributed by atoms with Gasteiger partial charge in [-0.1, -0.05) is 6.92 Å². The quantitative estimate of drug-likeness (QED) is 0.705. The summed E-state index contributed by atoms with van der Waals surface area (Å²) < 4.78 is 13.0. The van der Waals surface area contributed by atoms with Gasteiger partial charge in [0.25, 0.3) is 0 Å². The largest absolute Gasteiger partial charge is 0.504 e. The maximum absolute atomic E-state index is 12.4. The maximum atomic E-state index is 12.4. The SMILES string of the molecule is CCC1Cc2cc(OCCN3CCOCC3)c(O)cc2-c2cc(=O)c(C(=O)N=O)cn21. The third kappa shape index (κ3) is 4.24. The minimum absolute atomic E-state index is 0.00737. The highest BCUT2D eigenvalue weighted by molar-refractivity contribution is 5.94. The van der Waals surface area contributed by atoms with E-state index in [1.807, 2.05) is 17.6 Å². The summed E-state index contributed by atoms with van der Waals surface area (Å²) in [6.07, 6.45) is 2.80. The molecule has 31 heavy (non-hydrogen) atoms. The Hall–Kier alpha value is -3.04. The van der Waals surface area contributed by atoms with Crippen molar-refractivity contribution in [2.24, 2.45) is 5.18 Å². The molecule has 0 spiro atoms. The maximum Gasteiger partial charge on any atom is 0.322 e. The molecule has 0 aliphatic carbocycles. The van der Waals surface area contributed by atoms with E-state index in [1.54, 1.807) is 6.07 Å². The van der Waals surface area contributed by atoms with Crippen LogP contribution in [0, 0.1) is 4.91 Å². The first-order chi connectivity index (χ1) is 15.0. The van der Waals surface area contributed by atoms with Crippen LogP contribution in [-0.4, -0.2) is 59.9 Å². The second-order valence-corrected chi connectivity index (χ2v) is 7.79. The lowest BCUT2D eigenvalue weighted by Crippen LogP contribution is -2.38. The normalized spacial score (nSPS) is 18.2. The molecular formula is C22H25N3O6. The van der Waals surface area contributed by atoms with E-state index in [0.717, 1.165) is 44.8 Å². The molecular weight excluding hydrogens is 402 g/mol. The number of aromatic hydroxyl groups is 1. The lowest BCUT2D eigenvalue weighted by molar-refractivity contribution is 0.0321. The van der Waals surface area contributed by atoms with Crippen LogP contribution in [0.25, 0.3) is 11.3 Å². The Bertz CT molecular complexity index is 1060. The molecule has 9 heteroatoms. The molecule has 1 aromatic carbocycles. The van der Waals surface area contributed by atoms with Crippen molar-refractivity contribution in [3.8, 4) is 22.8 Å². The van der Waals surface area contributed by atoms with Crippen molar-refractivity contribution < 1.29 is 19.4 Å². The number of nitrogens with zero attached hydrogens (tertiary/aromatic N) is 3. The number of phenolic OH excluding ortho intramolecular Hbond substituents is 1. The van der Waals surface area contributed by atoms with Gasteiger partial charge in [-0.15, -0.1) is 4.91 Å². The van der Waals surface area contributed by atoms with Crippen LogP contribution < -0.4 is 10.2 Å². The summed E-state index contributed by atoms with van der Waals surface area (Å²) in [6.45, 7) is 6.38. The third-order valence-electron chi connectivity index (χ3n) is 5.94. The molecule has 0 bridgehead atoms. The van der Waals surface area contributed by atoms with Gasteiger partial charge in [-0.05, 0) is 30.5 Å². The number of benzene rings is 1. The number of nitroso groups, excluding NO2 is 1. The standard InChI is InChI=1S/C22H25N3O6/c1-2-15-9-14-10-21(31-8-5-24-3-6-30-7-4-24)20(27)11-16(14)18-12-19(26)17(13-25(15)18)22(28)23-29/h10-13,15,27H,2-9H2,1H3. The Balaban J connectivity index is 1.62. The zero-order valence-corrected chi connectivity index (χ0v) is 17.4. The van der Waals surface area contributed by atoms with Crippen LogP contribution in [0.4, 0.5) is 0 Å². The average Bonchev–Trinajstić information content (AvgIpc) is 2.79. The van der Waals surface area contributed by atoms with Crippen LogP contribution in [-0.2, 0) is 11.2 Å². The van der Waals surface area contributed by atoms with Crippen LogP contribution in [0.2, 0.25) is 0 Å². The second kappa shape index (κ2) is 8.99. The molecule has 1 amide bonds. The van der Waals surface area contributed by atoms with Crippen molar-refractivity contribution in [1.82, 2.24) is 9.47 Å². The van der Waals surface area contributed by atoms with Gasteiger partial charge < -0.3 is 19.1 Å². The number of carbonyl (C=O) groups is 1. The summed E-state index contributed by atoms with van der Waals surface area (Å²) in [5.41, 5.74) is 1.45. The van der Waals surface area contributed by atoms with E-state index in [1.165, 1.54) is 12.3 Å². The molecule has 1 fully saturated rings. The summed E-state index contributed by atoms with van der Waals surface area (Å²) in [6, 6.07) is 4.74. The van der Waals surface area contributed by atoms with E-state index in [2.05, 4.69) is 10.1 Å². The highest BCUT2D eigenvalue weighted by Crippen LogP contribution is 2.41. The number of phenols is 1. The fourth-order valence-electron chi connectivity index (χ4n) is 4.21. The molecule has 1 saturated heterocycles. The number of hydrogen-bond acceptors (Lipinski definition) is 7. The summed E-state index contributed by atoms with van der Waals surface area (Å²) in [5.74, 6) is -0.674. The van der Waals surface area contributed by atoms with Crippen molar-refractivity contribution in [3.63, 3.8) is 0 Å². The Morgan fingerprint density at radius 1 is 1.29 bits per heavy atom. The molecule has 9 nitrogen and oxygen atoms in total. The van der Waals surface area contributed by atoms with E-state index in [4.69, 9.17) is 9.47 Å². The van der Waals surface area contributed by atoms with Crippen LogP contribution in [0.5, 0.6) is 11.5 Å². The Morgan fingerprint density at radius 3 is 2.77 bits per heavy atom. The smallest absolute Gasteiger partial charge is 0.322 e. The first-order valence-corrected chi connectivity index (χ1v) is 10.4. The number of carbonyl (C=O) groups excluding carboxylic acids is 1. The number of fused-ring (bicyclic) bond motifs is 3. The van der Waals surface area contributed by atoms with Gasteiger partial charge in [0.05, 0.1) is 18.9 Å². The highest BCUT2D eigenvalue weighted by atomic mass is 16.5. The molecule has 164 valence electrons. The number of pyridine rings is 1. The Labute approximate surface area is 179 Å². The van der Waals surface area contributed by atoms with Gasteiger partial charge in [-0.3, -0.25) is 14.5 Å². The summed E-state index contributed by atoms with van der Waals surface area (Å²) in [5, 5.41) is 12.9. The predicted molar refractivity (Wildman–Crippen MR) is 114 cm³/mol. The lowest BCUT2D eigenvalue weighted by Gasteiger charge is -2.31. The average molecular weight is 427 g/mol. The number of morpholine rings is 1. The van der Waals surface area contributed by atoms with Crippen molar-refractivity contribution in [1.29, 1.82) is 0 Å². The topological polar surface area (TPSA) is 110 Å². The number of aromatic nitrogens is 1. The lowest BCUT2D eigenvalue weighted by atomic mass is 9.90. The number of rotatable bonds is 6. The van der Waals surface area contributed by atoms with Crippen molar-refractivity contribution >= 4 is 5.91 Å². The third-order valence-corrected chi connectivity index (χ3v) is 5.94. The molecule has 0 saturated carbocycles. The monoisotopic (exact) mass is 427 g/mol. The van der Waals surface area contributed by atoms with Crippen molar-refractivity contribution in [2.45, 2.75) is 25.8 Å². The number of amides is 1. The predicted octanol–water partition coefficient (Wildman–Crippen LogP) is 2.35. The van der Waals surface area contributed by atoms with E-state index in [0.29, 0.717) is 30.0 Å². The zero-order chi connectivity index (χ0) is 22.0. The molecule has 3 heterocycles. The fraction of sp³-hybridized carbons (Fsp3) is 0.455. The minimum Gasteiger partial charge on any atom is -0.504 e. The second-order valence-electron chi connectivity index (χ2n) is 7.79. The van der Waals surface area contributed by atoms with Gasteiger partial charge in [0.2, 0.25) is 0 Å². The number of hydrogen-bond donors (Lipinski definition) is 1. The molecule has 0 radical (unpaired) electrons. The van der Waals surface area contributed by atoms with E-state index < -0.39 is 11.3 Å². The highest BCUT2D eigenvalue weighted by Gasteiger charge is 2.27. The van der Waals surface area contributed by atoms with E-state index in [9.17, 15) is 19.6 Å². The molecule has 2 aliphatic rings. The summed E-state index contributed by atoms with van der Waals surface area (Å²) >= 11 is 0. The van der Waals surface area contributed by atoms with Gasteiger partial charge in [0.15, 0.2) is 16.9 Å². The van der Waals surface area contributed by atoms with Crippen LogP contribution in [0.1, 0.15) is 35.3 Å². The van der Waals surface area contributed by atoms with Gasteiger partial charge in [-0.2, -0.15) is 0 Å². The molecule has 1 N–H and O–H groups in total. The minimum atomic E-state index is -1.08. The van der Waals surface area contributed by atoms with E-state index in [-0.39, 0.29) is 17.4 Å². The molecule has 1 aromatic heterocycles. The molecule has 1 unspecified atom stereocenters. The number of ether oxygens (including phenoxy) is 2. The summed E-state index contributed by atoms with van der Waals surface area (Å²) in [4.78, 5) is 37.0. The van der Waals surface area contributed by atoms with Crippen molar-refractivity contribution in [3.05, 3.63) is 50.7 Å². The Kier molecular flexibility index (Phi) is 6.15. The summed E-state index contributed by atoms with van der Waals surface area (Å²) in [7, 11) is 0. The van der Waals surface area contributed by atoms with Crippen LogP contribution in [0.15, 0.2) is 34.4 Å². The molecule has 1 atom stereocenters. The van der Waals surface area contributed by atoms with Crippen molar-refractivity contribution in [2.75, 3.05) is 39.5 Å². The van der Waals surface area contributed by atoms with E-state index >= 15 is 0 Å². The van der Waals surface area contributed by atoms with Gasteiger partial charge in [0, 0.05) is 48.7 Å².